The minimum absolute atomic E-state index is 0.205. The minimum Gasteiger partial charge on any atom is -0.453 e. The number of hydrogen-bond donors (Lipinski definition) is 1. The molecule has 3 heterocycles. The SMILES string of the molecule is COC(=O)N1CCC(N2CCN(c3n[nH]c(C)n3)CC2)CC1. The highest BCUT2D eigenvalue weighted by Crippen LogP contribution is 2.20. The molecule has 0 spiro atoms. The summed E-state index contributed by atoms with van der Waals surface area (Å²) in [7, 11) is 1.44. The topological polar surface area (TPSA) is 77.6 Å². The van der Waals surface area contributed by atoms with Gasteiger partial charge in [0.25, 0.3) is 0 Å². The van der Waals surface area contributed by atoms with Crippen LogP contribution in [-0.4, -0.2) is 83.5 Å². The maximum atomic E-state index is 11.5. The van der Waals surface area contributed by atoms with Gasteiger partial charge in [-0.3, -0.25) is 10.00 Å². The Hall–Kier alpha value is -1.83. The number of hydrogen-bond acceptors (Lipinski definition) is 6. The standard InChI is InChI=1S/C14H24N6O2/c1-11-15-13(17-16-11)19-9-7-18(8-10-19)12-3-5-20(6-4-12)14(21)22-2/h12H,3-10H2,1-2H3,(H,15,16,17). The number of rotatable bonds is 2. The number of aromatic amines is 1. The normalized spacial score (nSPS) is 21.2. The van der Waals surface area contributed by atoms with E-state index in [4.69, 9.17) is 4.74 Å². The van der Waals surface area contributed by atoms with Gasteiger partial charge in [0.05, 0.1) is 7.11 Å². The first-order chi connectivity index (χ1) is 10.7. The fourth-order valence-corrected chi connectivity index (χ4v) is 3.30. The molecule has 0 atom stereocenters. The van der Waals surface area contributed by atoms with Crippen LogP contribution in [0.1, 0.15) is 18.7 Å². The van der Waals surface area contributed by atoms with Crippen LogP contribution in [0.2, 0.25) is 0 Å². The smallest absolute Gasteiger partial charge is 0.409 e. The molecule has 0 unspecified atom stereocenters. The summed E-state index contributed by atoms with van der Waals surface area (Å²) >= 11 is 0. The predicted octanol–water partition coefficient (Wildman–Crippen LogP) is 0.466. The summed E-state index contributed by atoms with van der Waals surface area (Å²) < 4.78 is 4.79. The van der Waals surface area contributed by atoms with Crippen LogP contribution in [-0.2, 0) is 4.74 Å². The average molecular weight is 308 g/mol. The first-order valence-electron chi connectivity index (χ1n) is 7.88. The van der Waals surface area contributed by atoms with Crippen molar-refractivity contribution in [2.45, 2.75) is 25.8 Å². The molecule has 0 saturated carbocycles. The molecule has 2 fully saturated rings. The van der Waals surface area contributed by atoms with Crippen LogP contribution in [0.4, 0.5) is 10.7 Å². The molecule has 3 rings (SSSR count). The van der Waals surface area contributed by atoms with E-state index in [1.54, 1.807) is 4.90 Å². The lowest BCUT2D eigenvalue weighted by Crippen LogP contribution is -2.54. The molecule has 2 saturated heterocycles. The van der Waals surface area contributed by atoms with Crippen LogP contribution in [0.3, 0.4) is 0 Å². The zero-order valence-electron chi connectivity index (χ0n) is 13.3. The number of carbonyl (C=O) groups is 1. The summed E-state index contributed by atoms with van der Waals surface area (Å²) in [6, 6.07) is 0.567. The van der Waals surface area contributed by atoms with E-state index in [1.165, 1.54) is 7.11 Å². The van der Waals surface area contributed by atoms with E-state index < -0.39 is 0 Å². The monoisotopic (exact) mass is 308 g/mol. The fraction of sp³-hybridized carbons (Fsp3) is 0.786. The second-order valence-corrected chi connectivity index (χ2v) is 5.93. The van der Waals surface area contributed by atoms with Crippen molar-refractivity contribution in [3.63, 3.8) is 0 Å². The quantitative estimate of drug-likeness (QED) is 0.855. The third-order valence-corrected chi connectivity index (χ3v) is 4.60. The lowest BCUT2D eigenvalue weighted by atomic mass is 10.0. The van der Waals surface area contributed by atoms with Crippen LogP contribution in [0.25, 0.3) is 0 Å². The molecule has 1 aromatic heterocycles. The van der Waals surface area contributed by atoms with Crippen molar-refractivity contribution in [1.82, 2.24) is 25.0 Å². The molecule has 0 bridgehead atoms. The number of carbonyl (C=O) groups excluding carboxylic acids is 1. The first kappa shape index (κ1) is 15.1. The van der Waals surface area contributed by atoms with Gasteiger partial charge in [-0.15, -0.1) is 5.10 Å². The van der Waals surface area contributed by atoms with Gasteiger partial charge in [0.1, 0.15) is 5.82 Å². The molecule has 0 aromatic carbocycles. The summed E-state index contributed by atoms with van der Waals surface area (Å²) in [6.07, 6.45) is 1.84. The maximum absolute atomic E-state index is 11.5. The largest absolute Gasteiger partial charge is 0.453 e. The van der Waals surface area contributed by atoms with Crippen LogP contribution in [0.5, 0.6) is 0 Å². The number of H-pyrrole nitrogens is 1. The number of nitrogens with one attached hydrogen (secondary N) is 1. The van der Waals surface area contributed by atoms with Crippen LogP contribution >= 0.6 is 0 Å². The Bertz CT molecular complexity index is 503. The van der Waals surface area contributed by atoms with E-state index in [0.717, 1.165) is 63.9 Å². The summed E-state index contributed by atoms with van der Waals surface area (Å²) in [4.78, 5) is 22.5. The van der Waals surface area contributed by atoms with Crippen LogP contribution in [0, 0.1) is 6.92 Å². The van der Waals surface area contributed by atoms with Crippen molar-refractivity contribution in [3.8, 4) is 0 Å². The van der Waals surface area contributed by atoms with Crippen molar-refractivity contribution in [2.75, 3.05) is 51.3 Å². The van der Waals surface area contributed by atoms with E-state index in [2.05, 4.69) is 25.0 Å². The zero-order valence-corrected chi connectivity index (χ0v) is 13.3. The fourth-order valence-electron chi connectivity index (χ4n) is 3.30. The minimum atomic E-state index is -0.205. The molecule has 22 heavy (non-hydrogen) atoms. The van der Waals surface area contributed by atoms with Gasteiger partial charge in [0.15, 0.2) is 0 Å². The van der Waals surface area contributed by atoms with Gasteiger partial charge in [-0.1, -0.05) is 0 Å². The second-order valence-electron chi connectivity index (χ2n) is 5.93. The van der Waals surface area contributed by atoms with E-state index in [0.29, 0.717) is 6.04 Å². The number of nitrogens with zero attached hydrogens (tertiary/aromatic N) is 5. The highest BCUT2D eigenvalue weighted by Gasteiger charge is 2.29. The van der Waals surface area contributed by atoms with E-state index in [1.807, 2.05) is 6.92 Å². The zero-order chi connectivity index (χ0) is 15.5. The number of piperidine rings is 1. The Balaban J connectivity index is 1.47. The average Bonchev–Trinajstić information content (AvgIpc) is 3.01. The van der Waals surface area contributed by atoms with Crippen molar-refractivity contribution in [2.24, 2.45) is 0 Å². The van der Waals surface area contributed by atoms with Crippen LogP contribution < -0.4 is 4.90 Å². The number of aromatic nitrogens is 3. The summed E-state index contributed by atoms with van der Waals surface area (Å²) in [5.41, 5.74) is 0. The van der Waals surface area contributed by atoms with Gasteiger partial charge in [0, 0.05) is 45.3 Å². The lowest BCUT2D eigenvalue weighted by molar-refractivity contribution is 0.0816. The highest BCUT2D eigenvalue weighted by molar-refractivity contribution is 5.67. The predicted molar refractivity (Wildman–Crippen MR) is 81.9 cm³/mol. The molecule has 8 nitrogen and oxygen atoms in total. The molecule has 2 aliphatic rings. The number of ether oxygens (including phenoxy) is 1. The third kappa shape index (κ3) is 3.16. The number of aryl methyl sites for hydroxylation is 1. The molecule has 1 amide bonds. The van der Waals surface area contributed by atoms with Crippen molar-refractivity contribution < 1.29 is 9.53 Å². The Kier molecular flexibility index (Phi) is 4.47. The molecule has 1 N–H and O–H groups in total. The number of methoxy groups -OCH3 is 1. The Morgan fingerprint density at radius 1 is 1.18 bits per heavy atom. The number of piperazine rings is 1. The molecular weight excluding hydrogens is 284 g/mol. The van der Waals surface area contributed by atoms with E-state index >= 15 is 0 Å². The van der Waals surface area contributed by atoms with Crippen LogP contribution in [0.15, 0.2) is 0 Å². The molecule has 0 aliphatic carbocycles. The Morgan fingerprint density at radius 2 is 1.86 bits per heavy atom. The highest BCUT2D eigenvalue weighted by atomic mass is 16.5. The third-order valence-electron chi connectivity index (χ3n) is 4.60. The number of amides is 1. The number of anilines is 1. The Morgan fingerprint density at radius 3 is 2.41 bits per heavy atom. The van der Waals surface area contributed by atoms with Gasteiger partial charge in [-0.25, -0.2) is 4.79 Å². The summed E-state index contributed by atoms with van der Waals surface area (Å²) in [6.45, 7) is 7.45. The van der Waals surface area contributed by atoms with E-state index in [-0.39, 0.29) is 6.09 Å². The van der Waals surface area contributed by atoms with Gasteiger partial charge in [-0.2, -0.15) is 4.98 Å². The van der Waals surface area contributed by atoms with Crippen molar-refractivity contribution in [3.05, 3.63) is 5.82 Å². The van der Waals surface area contributed by atoms with Gasteiger partial charge in [-0.05, 0) is 19.8 Å². The lowest BCUT2D eigenvalue weighted by Gasteiger charge is -2.42. The molecule has 8 heteroatoms. The summed E-state index contributed by atoms with van der Waals surface area (Å²) in [5, 5.41) is 7.12. The van der Waals surface area contributed by atoms with Gasteiger partial charge >= 0.3 is 6.09 Å². The van der Waals surface area contributed by atoms with E-state index in [9.17, 15) is 4.79 Å². The maximum Gasteiger partial charge on any atom is 0.409 e. The molecular formula is C14H24N6O2. The Labute approximate surface area is 130 Å². The van der Waals surface area contributed by atoms with Crippen molar-refractivity contribution >= 4 is 12.0 Å². The molecule has 0 radical (unpaired) electrons. The van der Waals surface area contributed by atoms with Gasteiger partial charge in [0.2, 0.25) is 5.95 Å². The number of likely N-dealkylation sites (tertiary alicyclic amines) is 1. The van der Waals surface area contributed by atoms with Gasteiger partial charge < -0.3 is 14.5 Å². The summed E-state index contributed by atoms with van der Waals surface area (Å²) in [5.74, 6) is 1.66. The molecule has 2 aliphatic heterocycles. The molecule has 1 aromatic rings. The van der Waals surface area contributed by atoms with Crippen molar-refractivity contribution in [1.29, 1.82) is 0 Å². The first-order valence-corrected chi connectivity index (χ1v) is 7.88. The molecule has 122 valence electrons. The second kappa shape index (κ2) is 6.51.